The summed E-state index contributed by atoms with van der Waals surface area (Å²) in [6, 6.07) is 14.8. The molecule has 0 saturated heterocycles. The summed E-state index contributed by atoms with van der Waals surface area (Å²) in [5.74, 6) is 0. The predicted molar refractivity (Wildman–Crippen MR) is 83.4 cm³/mol. The molecular formula is C16H12ClNO2S. The van der Waals surface area contributed by atoms with Gasteiger partial charge in [-0.2, -0.15) is 5.26 Å². The molecule has 0 aromatic heterocycles. The lowest BCUT2D eigenvalue weighted by molar-refractivity contribution is 0.603. The van der Waals surface area contributed by atoms with Crippen LogP contribution in [0, 0.1) is 18.3 Å². The minimum absolute atomic E-state index is 0.0999. The van der Waals surface area contributed by atoms with Crippen LogP contribution >= 0.6 is 11.6 Å². The summed E-state index contributed by atoms with van der Waals surface area (Å²) in [6.45, 7) is 1.86. The van der Waals surface area contributed by atoms with E-state index in [9.17, 15) is 13.7 Å². The van der Waals surface area contributed by atoms with Crippen LogP contribution in [0.5, 0.6) is 0 Å². The fraction of sp³-hybridized carbons (Fsp3) is 0.0625. The molecule has 2 aromatic carbocycles. The number of aryl methyl sites for hydroxylation is 1. The molecular weight excluding hydrogens is 306 g/mol. The Morgan fingerprint density at radius 1 is 1.19 bits per heavy atom. The van der Waals surface area contributed by atoms with E-state index in [4.69, 9.17) is 11.6 Å². The number of nitrogens with zero attached hydrogens (tertiary/aromatic N) is 1. The van der Waals surface area contributed by atoms with Crippen molar-refractivity contribution in [1.82, 2.24) is 0 Å². The maximum absolute atomic E-state index is 12.4. The largest absolute Gasteiger partial charge is 0.218 e. The van der Waals surface area contributed by atoms with Crippen LogP contribution in [0.1, 0.15) is 11.1 Å². The Bertz CT molecular complexity index is 831. The summed E-state index contributed by atoms with van der Waals surface area (Å²) in [4.78, 5) is -0.212. The molecule has 0 radical (unpaired) electrons. The number of allylic oxidation sites excluding steroid dienone is 1. The molecule has 0 atom stereocenters. The molecule has 2 aromatic rings. The van der Waals surface area contributed by atoms with E-state index in [2.05, 4.69) is 0 Å². The Kier molecular flexibility index (Phi) is 4.46. The van der Waals surface area contributed by atoms with Crippen molar-refractivity contribution in [3.8, 4) is 6.07 Å². The number of hydrogen-bond donors (Lipinski definition) is 0. The SMILES string of the molecule is Cc1ccc(S(=O)(=O)C(C#N)=Cc2cccc(Cl)c2)cc1. The van der Waals surface area contributed by atoms with Crippen LogP contribution in [0.4, 0.5) is 0 Å². The number of nitriles is 1. The molecule has 106 valence electrons. The summed E-state index contributed by atoms with van der Waals surface area (Å²) in [5, 5.41) is 9.66. The molecule has 0 fully saturated rings. The number of halogens is 1. The van der Waals surface area contributed by atoms with Crippen molar-refractivity contribution in [3.05, 3.63) is 69.6 Å². The Hall–Kier alpha value is -2.09. The number of benzene rings is 2. The third-order valence-electron chi connectivity index (χ3n) is 2.88. The standard InChI is InChI=1S/C16H12ClNO2S/c1-12-5-7-15(8-6-12)21(19,20)16(11-18)10-13-3-2-4-14(17)9-13/h2-10H,1H3. The molecule has 0 spiro atoms. The second-order valence-electron chi connectivity index (χ2n) is 4.49. The molecule has 0 aliphatic heterocycles. The first-order chi connectivity index (χ1) is 9.93. The van der Waals surface area contributed by atoms with E-state index in [1.807, 2.05) is 6.92 Å². The van der Waals surface area contributed by atoms with Crippen LogP contribution in [0.15, 0.2) is 58.3 Å². The van der Waals surface area contributed by atoms with Crippen molar-refractivity contribution in [2.24, 2.45) is 0 Å². The molecule has 3 nitrogen and oxygen atoms in total. The highest BCUT2D eigenvalue weighted by Crippen LogP contribution is 2.22. The van der Waals surface area contributed by atoms with Gasteiger partial charge in [0.25, 0.3) is 0 Å². The van der Waals surface area contributed by atoms with Crippen LogP contribution in [0.2, 0.25) is 5.02 Å². The van der Waals surface area contributed by atoms with Crippen LogP contribution < -0.4 is 0 Å². The molecule has 5 heteroatoms. The molecule has 21 heavy (non-hydrogen) atoms. The van der Waals surface area contributed by atoms with Gasteiger partial charge < -0.3 is 0 Å². The molecule has 0 N–H and O–H groups in total. The van der Waals surface area contributed by atoms with Gasteiger partial charge in [-0.1, -0.05) is 41.4 Å². The van der Waals surface area contributed by atoms with E-state index in [0.29, 0.717) is 10.6 Å². The minimum atomic E-state index is -3.82. The zero-order chi connectivity index (χ0) is 15.5. The van der Waals surface area contributed by atoms with Gasteiger partial charge in [0.05, 0.1) is 4.90 Å². The molecule has 0 aliphatic carbocycles. The van der Waals surface area contributed by atoms with E-state index in [0.717, 1.165) is 5.56 Å². The molecule has 2 rings (SSSR count). The fourth-order valence-corrected chi connectivity index (χ4v) is 3.12. The van der Waals surface area contributed by atoms with Crippen LogP contribution in [-0.2, 0) is 9.84 Å². The first-order valence-corrected chi connectivity index (χ1v) is 7.99. The van der Waals surface area contributed by atoms with Gasteiger partial charge in [-0.25, -0.2) is 8.42 Å². The predicted octanol–water partition coefficient (Wildman–Crippen LogP) is 3.99. The van der Waals surface area contributed by atoms with Gasteiger partial charge in [0.15, 0.2) is 0 Å². The van der Waals surface area contributed by atoms with Crippen LogP contribution in [0.25, 0.3) is 6.08 Å². The molecule has 0 aliphatic rings. The maximum Gasteiger partial charge on any atom is 0.216 e. The van der Waals surface area contributed by atoms with Gasteiger partial charge in [0, 0.05) is 5.02 Å². The molecule has 0 bridgehead atoms. The lowest BCUT2D eigenvalue weighted by Gasteiger charge is -2.04. The first kappa shape index (κ1) is 15.3. The zero-order valence-electron chi connectivity index (χ0n) is 11.2. The van der Waals surface area contributed by atoms with Gasteiger partial charge in [0.1, 0.15) is 11.0 Å². The van der Waals surface area contributed by atoms with Crippen molar-refractivity contribution in [3.63, 3.8) is 0 Å². The lowest BCUT2D eigenvalue weighted by atomic mass is 10.2. The lowest BCUT2D eigenvalue weighted by Crippen LogP contribution is -2.03. The van der Waals surface area contributed by atoms with Crippen molar-refractivity contribution in [1.29, 1.82) is 5.26 Å². The van der Waals surface area contributed by atoms with E-state index in [1.165, 1.54) is 18.2 Å². The van der Waals surface area contributed by atoms with Crippen LogP contribution in [-0.4, -0.2) is 8.42 Å². The van der Waals surface area contributed by atoms with E-state index in [-0.39, 0.29) is 9.80 Å². The second-order valence-corrected chi connectivity index (χ2v) is 6.85. The maximum atomic E-state index is 12.4. The Morgan fingerprint density at radius 2 is 1.86 bits per heavy atom. The third kappa shape index (κ3) is 3.52. The third-order valence-corrected chi connectivity index (χ3v) is 4.79. The van der Waals surface area contributed by atoms with E-state index < -0.39 is 9.84 Å². The second kappa shape index (κ2) is 6.13. The highest BCUT2D eigenvalue weighted by atomic mass is 35.5. The molecule has 0 amide bonds. The summed E-state index contributed by atoms with van der Waals surface area (Å²) in [6.07, 6.45) is 1.32. The number of hydrogen-bond acceptors (Lipinski definition) is 3. The Balaban J connectivity index is 2.50. The molecule has 0 unspecified atom stereocenters. The normalized spacial score (nSPS) is 12.0. The van der Waals surface area contributed by atoms with Gasteiger partial charge in [-0.15, -0.1) is 0 Å². The topological polar surface area (TPSA) is 57.9 Å². The average molecular weight is 318 g/mol. The van der Waals surface area contributed by atoms with Gasteiger partial charge >= 0.3 is 0 Å². The van der Waals surface area contributed by atoms with Crippen molar-refractivity contribution in [2.75, 3.05) is 0 Å². The molecule has 0 heterocycles. The fourth-order valence-electron chi connectivity index (χ4n) is 1.76. The zero-order valence-corrected chi connectivity index (χ0v) is 12.8. The van der Waals surface area contributed by atoms with Gasteiger partial charge in [-0.05, 0) is 42.8 Å². The summed E-state index contributed by atoms with van der Waals surface area (Å²) >= 11 is 5.86. The summed E-state index contributed by atoms with van der Waals surface area (Å²) in [7, 11) is -3.82. The van der Waals surface area contributed by atoms with Crippen molar-refractivity contribution >= 4 is 27.5 Å². The van der Waals surface area contributed by atoms with Crippen molar-refractivity contribution < 1.29 is 8.42 Å². The summed E-state index contributed by atoms with van der Waals surface area (Å²) < 4.78 is 24.9. The number of sulfone groups is 1. The summed E-state index contributed by atoms with van der Waals surface area (Å²) in [5.41, 5.74) is 1.51. The van der Waals surface area contributed by atoms with Crippen molar-refractivity contribution in [2.45, 2.75) is 11.8 Å². The van der Waals surface area contributed by atoms with Gasteiger partial charge in [0.2, 0.25) is 9.84 Å². The van der Waals surface area contributed by atoms with E-state index in [1.54, 1.807) is 42.5 Å². The Labute approximate surface area is 129 Å². The highest BCUT2D eigenvalue weighted by Gasteiger charge is 2.20. The molecule has 0 saturated carbocycles. The quantitative estimate of drug-likeness (QED) is 0.804. The highest BCUT2D eigenvalue weighted by molar-refractivity contribution is 7.95. The average Bonchev–Trinajstić information content (AvgIpc) is 2.45. The van der Waals surface area contributed by atoms with Gasteiger partial charge in [-0.3, -0.25) is 0 Å². The minimum Gasteiger partial charge on any atom is -0.218 e. The van der Waals surface area contributed by atoms with Crippen LogP contribution in [0.3, 0.4) is 0 Å². The first-order valence-electron chi connectivity index (χ1n) is 6.12. The number of rotatable bonds is 3. The van der Waals surface area contributed by atoms with E-state index >= 15 is 0 Å². The monoisotopic (exact) mass is 317 g/mol. The smallest absolute Gasteiger partial charge is 0.216 e. The Morgan fingerprint density at radius 3 is 2.43 bits per heavy atom.